The summed E-state index contributed by atoms with van der Waals surface area (Å²) >= 11 is 0. The van der Waals surface area contributed by atoms with Gasteiger partial charge in [0.25, 0.3) is 0 Å². The molecule has 1 rings (SSSR count). The van der Waals surface area contributed by atoms with Crippen molar-refractivity contribution in [1.29, 1.82) is 0 Å². The van der Waals surface area contributed by atoms with Crippen molar-refractivity contribution >= 4 is 5.97 Å². The number of rotatable bonds is 7. The third-order valence-electron chi connectivity index (χ3n) is 2.97. The zero-order valence-corrected chi connectivity index (χ0v) is 11.3. The molecular formula is C15H23NO2. The zero-order valence-electron chi connectivity index (χ0n) is 11.3. The smallest absolute Gasteiger partial charge is 0.307 e. The summed E-state index contributed by atoms with van der Waals surface area (Å²) in [4.78, 5) is 11.5. The minimum Gasteiger partial charge on any atom is -0.466 e. The fourth-order valence-electron chi connectivity index (χ4n) is 1.59. The summed E-state index contributed by atoms with van der Waals surface area (Å²) in [5.74, 6) is 0.117. The molecule has 1 atom stereocenters. The van der Waals surface area contributed by atoms with Gasteiger partial charge in [0.2, 0.25) is 0 Å². The third-order valence-corrected chi connectivity index (χ3v) is 2.97. The summed E-state index contributed by atoms with van der Waals surface area (Å²) < 4.78 is 5.17. The lowest BCUT2D eigenvalue weighted by atomic mass is 10.0. The zero-order chi connectivity index (χ0) is 13.4. The molecule has 0 saturated heterocycles. The van der Waals surface area contributed by atoms with Gasteiger partial charge in [-0.25, -0.2) is 0 Å². The van der Waals surface area contributed by atoms with Gasteiger partial charge in [-0.2, -0.15) is 0 Å². The number of aryl methyl sites for hydroxylation is 1. The minimum atomic E-state index is -0.190. The molecule has 0 aliphatic heterocycles. The van der Waals surface area contributed by atoms with Crippen LogP contribution in [0.5, 0.6) is 0 Å². The summed E-state index contributed by atoms with van der Waals surface area (Å²) in [6.07, 6.45) is 2.10. The second-order valence-corrected chi connectivity index (χ2v) is 4.92. The lowest BCUT2D eigenvalue weighted by Gasteiger charge is -2.14. The maximum absolute atomic E-state index is 11.5. The van der Waals surface area contributed by atoms with E-state index < -0.39 is 0 Å². The van der Waals surface area contributed by atoms with Crippen LogP contribution in [-0.2, 0) is 16.0 Å². The Morgan fingerprint density at radius 1 is 1.28 bits per heavy atom. The standard InChI is InChI=1S/C15H23NO2/c1-12(2)14(16)11-15(17)18-10-6-9-13-7-4-3-5-8-13/h3-5,7-8,12,14H,6,9-11,16H2,1-2H3. The van der Waals surface area contributed by atoms with E-state index in [2.05, 4.69) is 12.1 Å². The summed E-state index contributed by atoms with van der Waals surface area (Å²) in [6, 6.07) is 10.1. The Hall–Kier alpha value is -1.35. The predicted octanol–water partition coefficient (Wildman–Crippen LogP) is 2.54. The Morgan fingerprint density at radius 2 is 1.94 bits per heavy atom. The van der Waals surface area contributed by atoms with Crippen molar-refractivity contribution in [3.8, 4) is 0 Å². The highest BCUT2D eigenvalue weighted by Gasteiger charge is 2.13. The topological polar surface area (TPSA) is 52.3 Å². The van der Waals surface area contributed by atoms with E-state index in [-0.39, 0.29) is 12.0 Å². The van der Waals surface area contributed by atoms with Gasteiger partial charge in [0.15, 0.2) is 0 Å². The quantitative estimate of drug-likeness (QED) is 0.597. The average molecular weight is 249 g/mol. The first kappa shape index (κ1) is 14.7. The van der Waals surface area contributed by atoms with Gasteiger partial charge in [0.05, 0.1) is 13.0 Å². The van der Waals surface area contributed by atoms with E-state index in [9.17, 15) is 4.79 Å². The number of carbonyl (C=O) groups is 1. The number of hydrogen-bond acceptors (Lipinski definition) is 3. The van der Waals surface area contributed by atoms with Gasteiger partial charge in [-0.15, -0.1) is 0 Å². The van der Waals surface area contributed by atoms with Gasteiger partial charge >= 0.3 is 5.97 Å². The molecule has 0 heterocycles. The molecule has 0 spiro atoms. The fourth-order valence-corrected chi connectivity index (χ4v) is 1.59. The van der Waals surface area contributed by atoms with Crippen LogP contribution in [0.25, 0.3) is 0 Å². The molecule has 2 N–H and O–H groups in total. The predicted molar refractivity (Wildman–Crippen MR) is 73.2 cm³/mol. The van der Waals surface area contributed by atoms with Gasteiger partial charge in [-0.1, -0.05) is 44.2 Å². The van der Waals surface area contributed by atoms with Gasteiger partial charge in [-0.05, 0) is 24.3 Å². The highest BCUT2D eigenvalue weighted by atomic mass is 16.5. The molecule has 0 fully saturated rings. The van der Waals surface area contributed by atoms with Crippen LogP contribution in [0, 0.1) is 5.92 Å². The molecule has 0 amide bonds. The van der Waals surface area contributed by atoms with Crippen LogP contribution in [0.15, 0.2) is 30.3 Å². The maximum Gasteiger partial charge on any atom is 0.307 e. The first-order chi connectivity index (χ1) is 8.59. The van der Waals surface area contributed by atoms with Crippen LogP contribution in [0.2, 0.25) is 0 Å². The summed E-state index contributed by atoms with van der Waals surface area (Å²) in [7, 11) is 0. The Kier molecular flexibility index (Phi) is 6.44. The lowest BCUT2D eigenvalue weighted by Crippen LogP contribution is -2.30. The van der Waals surface area contributed by atoms with Gasteiger partial charge in [0, 0.05) is 6.04 Å². The molecule has 1 unspecified atom stereocenters. The number of ether oxygens (including phenoxy) is 1. The molecule has 0 aromatic heterocycles. The van der Waals surface area contributed by atoms with Crippen molar-refractivity contribution in [2.45, 2.75) is 39.2 Å². The van der Waals surface area contributed by atoms with Crippen LogP contribution in [0.4, 0.5) is 0 Å². The van der Waals surface area contributed by atoms with Crippen molar-refractivity contribution in [2.75, 3.05) is 6.61 Å². The fraction of sp³-hybridized carbons (Fsp3) is 0.533. The molecule has 18 heavy (non-hydrogen) atoms. The Balaban J connectivity index is 2.13. The molecule has 0 saturated carbocycles. The maximum atomic E-state index is 11.5. The monoisotopic (exact) mass is 249 g/mol. The van der Waals surface area contributed by atoms with Crippen molar-refractivity contribution in [3.05, 3.63) is 35.9 Å². The number of hydrogen-bond donors (Lipinski definition) is 1. The average Bonchev–Trinajstić information content (AvgIpc) is 2.35. The van der Waals surface area contributed by atoms with Crippen molar-refractivity contribution < 1.29 is 9.53 Å². The second-order valence-electron chi connectivity index (χ2n) is 4.92. The Morgan fingerprint density at radius 3 is 2.56 bits per heavy atom. The van der Waals surface area contributed by atoms with Crippen molar-refractivity contribution in [1.82, 2.24) is 0 Å². The minimum absolute atomic E-state index is 0.105. The second kappa shape index (κ2) is 7.88. The molecular weight excluding hydrogens is 226 g/mol. The van der Waals surface area contributed by atoms with E-state index >= 15 is 0 Å². The van der Waals surface area contributed by atoms with Crippen molar-refractivity contribution in [3.63, 3.8) is 0 Å². The van der Waals surface area contributed by atoms with E-state index in [1.54, 1.807) is 0 Å². The first-order valence-electron chi connectivity index (χ1n) is 6.54. The normalized spacial score (nSPS) is 12.4. The Labute approximate surface area is 109 Å². The first-order valence-corrected chi connectivity index (χ1v) is 6.54. The molecule has 3 heteroatoms. The van der Waals surface area contributed by atoms with Crippen LogP contribution in [0.3, 0.4) is 0 Å². The molecule has 3 nitrogen and oxygen atoms in total. The third kappa shape index (κ3) is 5.82. The lowest BCUT2D eigenvalue weighted by molar-refractivity contribution is -0.144. The van der Waals surface area contributed by atoms with E-state index in [0.717, 1.165) is 12.8 Å². The van der Waals surface area contributed by atoms with E-state index in [4.69, 9.17) is 10.5 Å². The Bertz CT molecular complexity index is 349. The number of benzene rings is 1. The molecule has 1 aromatic rings. The molecule has 100 valence electrons. The molecule has 0 aliphatic rings. The molecule has 0 bridgehead atoms. The number of esters is 1. The molecule has 0 radical (unpaired) electrons. The molecule has 1 aromatic carbocycles. The highest BCUT2D eigenvalue weighted by molar-refractivity contribution is 5.70. The SMILES string of the molecule is CC(C)C(N)CC(=O)OCCCc1ccccc1. The number of carbonyl (C=O) groups excluding carboxylic acids is 1. The molecule has 0 aliphatic carbocycles. The largest absolute Gasteiger partial charge is 0.466 e. The van der Waals surface area contributed by atoms with Gasteiger partial charge in [0.1, 0.15) is 0 Å². The van der Waals surface area contributed by atoms with Crippen LogP contribution in [-0.4, -0.2) is 18.6 Å². The number of nitrogens with two attached hydrogens (primary N) is 1. The van der Waals surface area contributed by atoms with Crippen LogP contribution in [0.1, 0.15) is 32.3 Å². The van der Waals surface area contributed by atoms with E-state index in [1.807, 2.05) is 32.0 Å². The summed E-state index contributed by atoms with van der Waals surface area (Å²) in [6.45, 7) is 4.49. The van der Waals surface area contributed by atoms with Gasteiger partial charge < -0.3 is 10.5 Å². The summed E-state index contributed by atoms with van der Waals surface area (Å²) in [5, 5.41) is 0. The van der Waals surface area contributed by atoms with Crippen LogP contribution >= 0.6 is 0 Å². The summed E-state index contributed by atoms with van der Waals surface area (Å²) in [5.41, 5.74) is 7.08. The van der Waals surface area contributed by atoms with E-state index in [1.165, 1.54) is 5.56 Å². The van der Waals surface area contributed by atoms with Crippen LogP contribution < -0.4 is 5.73 Å². The van der Waals surface area contributed by atoms with Gasteiger partial charge in [-0.3, -0.25) is 4.79 Å². The highest BCUT2D eigenvalue weighted by Crippen LogP contribution is 2.05. The van der Waals surface area contributed by atoms with Crippen molar-refractivity contribution in [2.24, 2.45) is 11.7 Å². The van der Waals surface area contributed by atoms with E-state index in [0.29, 0.717) is 18.9 Å².